The molecule has 1 rings (SSSR count). The Labute approximate surface area is 158 Å². The van der Waals surface area contributed by atoms with Gasteiger partial charge in [0.05, 0.1) is 6.61 Å². The number of ether oxygens (including phenoxy) is 1. The molecule has 0 radical (unpaired) electrons. The highest BCUT2D eigenvalue weighted by molar-refractivity contribution is 5.89. The van der Waals surface area contributed by atoms with E-state index in [9.17, 15) is 9.90 Å². The number of aromatic hydroxyl groups is 1. The summed E-state index contributed by atoms with van der Waals surface area (Å²) in [6.45, 7) is 4.62. The van der Waals surface area contributed by atoms with Crippen molar-refractivity contribution in [2.24, 2.45) is 0 Å². The maximum atomic E-state index is 11.8. The molecular weight excluding hydrogens is 324 g/mol. The van der Waals surface area contributed by atoms with Crippen LogP contribution in [-0.2, 0) is 4.79 Å². The number of carbonyl (C=O) groups is 1. The van der Waals surface area contributed by atoms with Crippen LogP contribution in [0, 0.1) is 0 Å². The molecule has 0 aliphatic rings. The Kier molecular flexibility index (Phi) is 12.0. The molecule has 0 fully saturated rings. The normalized spacial score (nSPS) is 11.5. The SMILES string of the molecule is CCCCCCCCCCC(=O)C=CC=Cc1ccc(O)c(OCC)c1. The van der Waals surface area contributed by atoms with Crippen LogP contribution in [0.25, 0.3) is 6.08 Å². The minimum Gasteiger partial charge on any atom is -0.504 e. The number of carbonyl (C=O) groups excluding carboxylic acids is 1. The van der Waals surface area contributed by atoms with Gasteiger partial charge in [-0.1, -0.05) is 76.2 Å². The molecule has 3 heteroatoms. The van der Waals surface area contributed by atoms with E-state index in [1.54, 1.807) is 24.3 Å². The lowest BCUT2D eigenvalue weighted by Gasteiger charge is -2.05. The van der Waals surface area contributed by atoms with Crippen molar-refractivity contribution in [2.75, 3.05) is 6.61 Å². The van der Waals surface area contributed by atoms with Gasteiger partial charge < -0.3 is 9.84 Å². The van der Waals surface area contributed by atoms with Crippen LogP contribution in [0.2, 0.25) is 0 Å². The van der Waals surface area contributed by atoms with E-state index < -0.39 is 0 Å². The second-order valence-electron chi connectivity index (χ2n) is 6.57. The molecule has 0 amide bonds. The molecule has 0 aliphatic heterocycles. The van der Waals surface area contributed by atoms with E-state index in [1.807, 2.05) is 25.1 Å². The van der Waals surface area contributed by atoms with Gasteiger partial charge in [0.1, 0.15) is 0 Å². The Balaban J connectivity index is 2.23. The van der Waals surface area contributed by atoms with E-state index in [1.165, 1.54) is 38.5 Å². The number of allylic oxidation sites excluding steroid dienone is 3. The fraction of sp³-hybridized carbons (Fsp3) is 0.522. The Morgan fingerprint density at radius 3 is 2.38 bits per heavy atom. The third-order valence-electron chi connectivity index (χ3n) is 4.24. The Morgan fingerprint density at radius 2 is 1.69 bits per heavy atom. The van der Waals surface area contributed by atoms with Gasteiger partial charge >= 0.3 is 0 Å². The number of rotatable bonds is 14. The van der Waals surface area contributed by atoms with Gasteiger partial charge in [-0.25, -0.2) is 0 Å². The first-order valence-corrected chi connectivity index (χ1v) is 10.0. The van der Waals surface area contributed by atoms with Crippen LogP contribution in [0.3, 0.4) is 0 Å². The molecule has 0 saturated heterocycles. The molecule has 1 aromatic carbocycles. The summed E-state index contributed by atoms with van der Waals surface area (Å²) >= 11 is 0. The molecule has 0 spiro atoms. The Bertz CT molecular complexity index is 573. The number of unbranched alkanes of at least 4 members (excludes halogenated alkanes) is 7. The predicted molar refractivity (Wildman–Crippen MR) is 110 cm³/mol. The highest BCUT2D eigenvalue weighted by Gasteiger charge is 2.01. The molecule has 1 aromatic rings. The van der Waals surface area contributed by atoms with Crippen molar-refractivity contribution in [3.63, 3.8) is 0 Å². The molecule has 1 N–H and O–H groups in total. The van der Waals surface area contributed by atoms with Crippen LogP contribution >= 0.6 is 0 Å². The predicted octanol–water partition coefficient (Wildman–Crippen LogP) is 6.46. The van der Waals surface area contributed by atoms with E-state index in [-0.39, 0.29) is 11.5 Å². The van der Waals surface area contributed by atoms with Crippen LogP contribution in [0.15, 0.2) is 36.4 Å². The van der Waals surface area contributed by atoms with Crippen LogP contribution in [0.5, 0.6) is 11.5 Å². The lowest BCUT2D eigenvalue weighted by Crippen LogP contribution is -1.92. The zero-order valence-corrected chi connectivity index (χ0v) is 16.4. The summed E-state index contributed by atoms with van der Waals surface area (Å²) < 4.78 is 5.36. The average Bonchev–Trinajstić information content (AvgIpc) is 2.63. The summed E-state index contributed by atoms with van der Waals surface area (Å²) in [5.74, 6) is 0.797. The molecule has 3 nitrogen and oxygen atoms in total. The summed E-state index contributed by atoms with van der Waals surface area (Å²) in [7, 11) is 0. The zero-order valence-electron chi connectivity index (χ0n) is 16.4. The van der Waals surface area contributed by atoms with Gasteiger partial charge in [0.15, 0.2) is 17.3 Å². The molecule has 0 aromatic heterocycles. The number of ketones is 1. The standard InChI is InChI=1S/C23H34O3/c1-3-5-6-7-8-9-10-11-15-21(24)16-13-12-14-20-17-18-22(25)23(19-20)26-4-2/h12-14,16-19,25H,3-11,15H2,1-2H3. The van der Waals surface area contributed by atoms with Gasteiger partial charge in [0.25, 0.3) is 0 Å². The van der Waals surface area contributed by atoms with Gasteiger partial charge in [-0.2, -0.15) is 0 Å². The lowest BCUT2D eigenvalue weighted by molar-refractivity contribution is -0.114. The minimum absolute atomic E-state index is 0.139. The lowest BCUT2D eigenvalue weighted by atomic mass is 10.1. The first kappa shape index (κ1) is 22.0. The summed E-state index contributed by atoms with van der Waals surface area (Å²) in [6, 6.07) is 5.21. The fourth-order valence-electron chi connectivity index (χ4n) is 2.75. The van der Waals surface area contributed by atoms with E-state index >= 15 is 0 Å². The van der Waals surface area contributed by atoms with E-state index in [2.05, 4.69) is 6.92 Å². The van der Waals surface area contributed by atoms with Crippen molar-refractivity contribution in [3.05, 3.63) is 42.0 Å². The van der Waals surface area contributed by atoms with Crippen LogP contribution < -0.4 is 4.74 Å². The maximum absolute atomic E-state index is 11.8. The summed E-state index contributed by atoms with van der Waals surface area (Å²) in [6.07, 6.45) is 17.7. The molecule has 0 unspecified atom stereocenters. The van der Waals surface area contributed by atoms with Crippen molar-refractivity contribution in [3.8, 4) is 11.5 Å². The molecule has 0 atom stereocenters. The first-order chi connectivity index (χ1) is 12.7. The Morgan fingerprint density at radius 1 is 1.00 bits per heavy atom. The zero-order chi connectivity index (χ0) is 19.0. The molecule has 0 saturated carbocycles. The Hall–Kier alpha value is -2.03. The first-order valence-electron chi connectivity index (χ1n) is 10.0. The van der Waals surface area contributed by atoms with Gasteiger partial charge in [-0.05, 0) is 37.1 Å². The summed E-state index contributed by atoms with van der Waals surface area (Å²) in [4.78, 5) is 11.8. The topological polar surface area (TPSA) is 46.5 Å². The average molecular weight is 359 g/mol. The molecule has 0 bridgehead atoms. The number of hydrogen-bond donors (Lipinski definition) is 1. The van der Waals surface area contributed by atoms with Crippen molar-refractivity contribution in [1.29, 1.82) is 0 Å². The second-order valence-corrected chi connectivity index (χ2v) is 6.57. The smallest absolute Gasteiger partial charge is 0.161 e. The molecular formula is C23H34O3. The number of hydrogen-bond acceptors (Lipinski definition) is 3. The number of benzene rings is 1. The number of phenolic OH excluding ortho intramolecular Hbond substituents is 1. The largest absolute Gasteiger partial charge is 0.504 e. The van der Waals surface area contributed by atoms with Crippen LogP contribution in [0.1, 0.15) is 77.2 Å². The van der Waals surface area contributed by atoms with Gasteiger partial charge in [-0.15, -0.1) is 0 Å². The van der Waals surface area contributed by atoms with Gasteiger partial charge in [0.2, 0.25) is 0 Å². The fourth-order valence-corrected chi connectivity index (χ4v) is 2.75. The quantitative estimate of drug-likeness (QED) is 0.236. The van der Waals surface area contributed by atoms with Crippen molar-refractivity contribution < 1.29 is 14.6 Å². The molecule has 26 heavy (non-hydrogen) atoms. The monoisotopic (exact) mass is 358 g/mol. The highest BCUT2D eigenvalue weighted by atomic mass is 16.5. The summed E-state index contributed by atoms with van der Waals surface area (Å²) in [5, 5.41) is 9.68. The van der Waals surface area contributed by atoms with E-state index in [0.717, 1.165) is 18.4 Å². The highest BCUT2D eigenvalue weighted by Crippen LogP contribution is 2.27. The third-order valence-corrected chi connectivity index (χ3v) is 4.24. The molecule has 144 valence electrons. The third kappa shape index (κ3) is 10.1. The molecule has 0 aliphatic carbocycles. The number of phenols is 1. The van der Waals surface area contributed by atoms with Crippen LogP contribution in [-0.4, -0.2) is 17.5 Å². The summed E-state index contributed by atoms with van der Waals surface area (Å²) in [5.41, 5.74) is 0.923. The van der Waals surface area contributed by atoms with Gasteiger partial charge in [-0.3, -0.25) is 4.79 Å². The van der Waals surface area contributed by atoms with E-state index in [4.69, 9.17) is 4.74 Å². The second kappa shape index (κ2) is 14.2. The minimum atomic E-state index is 0.139. The maximum Gasteiger partial charge on any atom is 0.161 e. The van der Waals surface area contributed by atoms with Crippen molar-refractivity contribution in [2.45, 2.75) is 71.6 Å². The molecule has 0 heterocycles. The van der Waals surface area contributed by atoms with Crippen LogP contribution in [0.4, 0.5) is 0 Å². The van der Waals surface area contributed by atoms with Crippen molar-refractivity contribution in [1.82, 2.24) is 0 Å². The van der Waals surface area contributed by atoms with Crippen molar-refractivity contribution >= 4 is 11.9 Å². The van der Waals surface area contributed by atoms with E-state index in [0.29, 0.717) is 18.8 Å². The van der Waals surface area contributed by atoms with Gasteiger partial charge in [0, 0.05) is 6.42 Å².